The maximum absolute atomic E-state index is 12.9. The number of rotatable bonds is 8. The van der Waals surface area contributed by atoms with Crippen LogP contribution in [0.15, 0.2) is 59.5 Å². The van der Waals surface area contributed by atoms with Gasteiger partial charge >= 0.3 is 5.97 Å². The molecule has 0 fully saturated rings. The number of anilines is 1. The first kappa shape index (κ1) is 17.8. The van der Waals surface area contributed by atoms with E-state index >= 15 is 0 Å². The van der Waals surface area contributed by atoms with Gasteiger partial charge in [0.1, 0.15) is 5.75 Å². The largest absolute Gasteiger partial charge is 0.497 e. The van der Waals surface area contributed by atoms with E-state index in [1.165, 1.54) is 23.5 Å². The molecule has 128 valence electrons. The van der Waals surface area contributed by atoms with Crippen LogP contribution in [-0.4, -0.2) is 33.1 Å². The summed E-state index contributed by atoms with van der Waals surface area (Å²) in [6.07, 6.45) is 0.115. The lowest BCUT2D eigenvalue weighted by Crippen LogP contribution is -2.32. The molecule has 0 radical (unpaired) electrons. The predicted octanol–water partition coefficient (Wildman–Crippen LogP) is 2.76. The van der Waals surface area contributed by atoms with Gasteiger partial charge in [0, 0.05) is 13.0 Å². The summed E-state index contributed by atoms with van der Waals surface area (Å²) in [7, 11) is -2.24. The maximum Gasteiger partial charge on any atom is 0.303 e. The molecule has 0 saturated carbocycles. The highest BCUT2D eigenvalue weighted by Crippen LogP contribution is 2.26. The smallest absolute Gasteiger partial charge is 0.303 e. The Hall–Kier alpha value is -2.54. The number of hydrogen-bond acceptors (Lipinski definition) is 4. The van der Waals surface area contributed by atoms with E-state index in [1.54, 1.807) is 42.5 Å². The average Bonchev–Trinajstić information content (AvgIpc) is 2.59. The van der Waals surface area contributed by atoms with Crippen molar-refractivity contribution < 1.29 is 23.1 Å². The fourth-order valence-corrected chi connectivity index (χ4v) is 3.75. The van der Waals surface area contributed by atoms with Gasteiger partial charge in [0.25, 0.3) is 10.0 Å². The Morgan fingerprint density at radius 1 is 1.08 bits per heavy atom. The molecular weight excluding hydrogens is 330 g/mol. The van der Waals surface area contributed by atoms with Crippen molar-refractivity contribution in [3.8, 4) is 5.75 Å². The van der Waals surface area contributed by atoms with Crippen LogP contribution in [0.25, 0.3) is 0 Å². The first-order valence-corrected chi connectivity index (χ1v) is 8.83. The highest BCUT2D eigenvalue weighted by Gasteiger charge is 2.24. The summed E-state index contributed by atoms with van der Waals surface area (Å²) < 4.78 is 32.1. The van der Waals surface area contributed by atoms with E-state index in [-0.39, 0.29) is 24.3 Å². The van der Waals surface area contributed by atoms with Gasteiger partial charge in [-0.05, 0) is 42.8 Å². The second-order valence-electron chi connectivity index (χ2n) is 5.09. The van der Waals surface area contributed by atoms with Gasteiger partial charge in [0.05, 0.1) is 17.7 Å². The molecule has 0 aliphatic heterocycles. The second kappa shape index (κ2) is 7.83. The number of sulfonamides is 1. The Kier molecular flexibility index (Phi) is 5.81. The Morgan fingerprint density at radius 3 is 2.25 bits per heavy atom. The molecule has 0 amide bonds. The van der Waals surface area contributed by atoms with Crippen LogP contribution in [0.1, 0.15) is 12.8 Å². The molecule has 7 heteroatoms. The number of hydrogen-bond donors (Lipinski definition) is 1. The Balaban J connectivity index is 2.36. The first-order valence-electron chi connectivity index (χ1n) is 7.39. The third kappa shape index (κ3) is 4.26. The van der Waals surface area contributed by atoms with Crippen LogP contribution in [-0.2, 0) is 14.8 Å². The summed E-state index contributed by atoms with van der Waals surface area (Å²) in [5.41, 5.74) is 0.463. The van der Waals surface area contributed by atoms with Gasteiger partial charge in [-0.1, -0.05) is 18.2 Å². The number of carboxylic acids is 1. The van der Waals surface area contributed by atoms with Crippen molar-refractivity contribution in [2.45, 2.75) is 17.7 Å². The van der Waals surface area contributed by atoms with Crippen LogP contribution in [0.2, 0.25) is 0 Å². The van der Waals surface area contributed by atoms with E-state index in [9.17, 15) is 13.2 Å². The maximum atomic E-state index is 12.9. The molecule has 0 aliphatic carbocycles. The van der Waals surface area contributed by atoms with E-state index in [0.29, 0.717) is 11.4 Å². The number of methoxy groups -OCH3 is 1. The van der Waals surface area contributed by atoms with Gasteiger partial charge < -0.3 is 9.84 Å². The number of nitrogens with zero attached hydrogens (tertiary/aromatic N) is 1. The van der Waals surface area contributed by atoms with Gasteiger partial charge in [-0.3, -0.25) is 9.10 Å². The standard InChI is InChI=1S/C17H19NO5S/c1-23-15-11-9-14(10-12-15)18(13-5-8-17(19)20)24(21,22)16-6-3-2-4-7-16/h2-4,6-7,9-12H,5,8,13H2,1H3,(H,19,20). The summed E-state index contributed by atoms with van der Waals surface area (Å²) in [5.74, 6) is -0.344. The van der Waals surface area contributed by atoms with E-state index in [1.807, 2.05) is 0 Å². The Labute approximate surface area is 141 Å². The molecule has 0 bridgehead atoms. The minimum absolute atomic E-state index is 0.0792. The summed E-state index contributed by atoms with van der Waals surface area (Å²) in [4.78, 5) is 10.9. The third-order valence-electron chi connectivity index (χ3n) is 3.44. The molecule has 6 nitrogen and oxygen atoms in total. The van der Waals surface area contributed by atoms with E-state index in [0.717, 1.165) is 0 Å². The molecule has 2 aromatic carbocycles. The summed E-state index contributed by atoms with van der Waals surface area (Å²) in [6, 6.07) is 14.7. The number of ether oxygens (including phenoxy) is 1. The first-order chi connectivity index (χ1) is 11.4. The molecule has 1 N–H and O–H groups in total. The van der Waals surface area contributed by atoms with Crippen LogP contribution in [0.3, 0.4) is 0 Å². The molecule has 0 heterocycles. The number of benzene rings is 2. The van der Waals surface area contributed by atoms with Crippen LogP contribution in [0.5, 0.6) is 5.75 Å². The van der Waals surface area contributed by atoms with Crippen molar-refractivity contribution in [3.63, 3.8) is 0 Å². The van der Waals surface area contributed by atoms with E-state index in [4.69, 9.17) is 9.84 Å². The number of carbonyl (C=O) groups is 1. The summed E-state index contributed by atoms with van der Waals surface area (Å²) in [6.45, 7) is 0.0792. The minimum Gasteiger partial charge on any atom is -0.497 e. The molecule has 0 aliphatic rings. The SMILES string of the molecule is COc1ccc(N(CCCC(=O)O)S(=O)(=O)c2ccccc2)cc1. The van der Waals surface area contributed by atoms with E-state index < -0.39 is 16.0 Å². The normalized spacial score (nSPS) is 11.0. The van der Waals surface area contributed by atoms with Gasteiger partial charge in [0.2, 0.25) is 0 Å². The van der Waals surface area contributed by atoms with Crippen molar-refractivity contribution in [2.75, 3.05) is 18.0 Å². The summed E-state index contributed by atoms with van der Waals surface area (Å²) in [5, 5.41) is 8.80. The van der Waals surface area contributed by atoms with Crippen molar-refractivity contribution in [3.05, 3.63) is 54.6 Å². The van der Waals surface area contributed by atoms with Crippen molar-refractivity contribution in [1.29, 1.82) is 0 Å². The fraction of sp³-hybridized carbons (Fsp3) is 0.235. The van der Waals surface area contributed by atoms with Crippen LogP contribution in [0.4, 0.5) is 5.69 Å². The van der Waals surface area contributed by atoms with Crippen molar-refractivity contribution in [2.24, 2.45) is 0 Å². The monoisotopic (exact) mass is 349 g/mol. The molecule has 0 aromatic heterocycles. The van der Waals surface area contributed by atoms with Gasteiger partial charge in [-0.15, -0.1) is 0 Å². The quantitative estimate of drug-likeness (QED) is 0.792. The second-order valence-corrected chi connectivity index (χ2v) is 6.95. The molecule has 0 saturated heterocycles. The van der Waals surface area contributed by atoms with Gasteiger partial charge in [-0.2, -0.15) is 0 Å². The molecule has 24 heavy (non-hydrogen) atoms. The molecule has 2 rings (SSSR count). The highest BCUT2D eigenvalue weighted by atomic mass is 32.2. The fourth-order valence-electron chi connectivity index (χ4n) is 2.23. The average molecular weight is 349 g/mol. The lowest BCUT2D eigenvalue weighted by atomic mass is 10.2. The summed E-state index contributed by atoms with van der Waals surface area (Å²) >= 11 is 0. The molecule has 2 aromatic rings. The van der Waals surface area contributed by atoms with E-state index in [2.05, 4.69) is 0 Å². The van der Waals surface area contributed by atoms with Gasteiger partial charge in [0.15, 0.2) is 0 Å². The topological polar surface area (TPSA) is 83.9 Å². The molecule has 0 spiro atoms. The zero-order valence-electron chi connectivity index (χ0n) is 13.3. The lowest BCUT2D eigenvalue weighted by molar-refractivity contribution is -0.137. The van der Waals surface area contributed by atoms with Crippen molar-refractivity contribution >= 4 is 21.7 Å². The zero-order chi connectivity index (χ0) is 17.6. The van der Waals surface area contributed by atoms with Crippen LogP contribution in [0, 0.1) is 0 Å². The minimum atomic E-state index is -3.77. The Morgan fingerprint density at radius 2 is 1.71 bits per heavy atom. The zero-order valence-corrected chi connectivity index (χ0v) is 14.1. The van der Waals surface area contributed by atoms with Crippen molar-refractivity contribution in [1.82, 2.24) is 0 Å². The molecule has 0 unspecified atom stereocenters. The highest BCUT2D eigenvalue weighted by molar-refractivity contribution is 7.92. The van der Waals surface area contributed by atoms with Crippen LogP contribution >= 0.6 is 0 Å². The third-order valence-corrected chi connectivity index (χ3v) is 5.29. The number of carboxylic acid groups (broad SMARTS) is 1. The lowest BCUT2D eigenvalue weighted by Gasteiger charge is -2.24. The van der Waals surface area contributed by atoms with Crippen LogP contribution < -0.4 is 9.04 Å². The molecule has 0 atom stereocenters. The Bertz CT molecular complexity index is 772. The predicted molar refractivity (Wildman–Crippen MR) is 90.8 cm³/mol. The van der Waals surface area contributed by atoms with Gasteiger partial charge in [-0.25, -0.2) is 8.42 Å². The molecular formula is C17H19NO5S. The number of aliphatic carboxylic acids is 1.